The lowest BCUT2D eigenvalue weighted by atomic mass is 10.1. The summed E-state index contributed by atoms with van der Waals surface area (Å²) in [5.41, 5.74) is 3.11. The Balaban J connectivity index is 0. The number of amides is 1. The Bertz CT molecular complexity index is 424. The van der Waals surface area contributed by atoms with Crippen molar-refractivity contribution < 1.29 is 14.3 Å². The van der Waals surface area contributed by atoms with Crippen LogP contribution in [-0.4, -0.2) is 51.5 Å². The molecule has 1 aromatic carbocycles. The highest BCUT2D eigenvalue weighted by Gasteiger charge is 2.07. The Morgan fingerprint density at radius 1 is 1.04 bits per heavy atom. The number of benzene rings is 1. The van der Waals surface area contributed by atoms with Crippen molar-refractivity contribution in [2.45, 2.75) is 47.0 Å². The zero-order valence-corrected chi connectivity index (χ0v) is 16.8. The summed E-state index contributed by atoms with van der Waals surface area (Å²) in [7, 11) is 3.25. The Morgan fingerprint density at radius 3 is 1.92 bits per heavy atom. The summed E-state index contributed by atoms with van der Waals surface area (Å²) in [5, 5.41) is 2.66. The lowest BCUT2D eigenvalue weighted by Gasteiger charge is -2.23. The molecule has 0 aliphatic carbocycles. The molecule has 5 nitrogen and oxygen atoms in total. The number of piperidine rings is 1. The third kappa shape index (κ3) is 13.3. The Labute approximate surface area is 153 Å². The van der Waals surface area contributed by atoms with Gasteiger partial charge in [-0.05, 0) is 50.9 Å². The van der Waals surface area contributed by atoms with Crippen molar-refractivity contribution in [3.63, 3.8) is 0 Å². The van der Waals surface area contributed by atoms with E-state index in [1.165, 1.54) is 19.3 Å². The van der Waals surface area contributed by atoms with E-state index in [-0.39, 0.29) is 0 Å². The predicted octanol–water partition coefficient (Wildman–Crippen LogP) is 3.83. The van der Waals surface area contributed by atoms with E-state index in [9.17, 15) is 9.59 Å². The minimum absolute atomic E-state index is 0.639. The number of likely N-dealkylation sites (tertiary alicyclic amines) is 1. The molecule has 1 fully saturated rings. The molecule has 144 valence electrons. The van der Waals surface area contributed by atoms with Gasteiger partial charge in [-0.2, -0.15) is 0 Å². The third-order valence-electron chi connectivity index (χ3n) is 3.47. The first-order valence-corrected chi connectivity index (χ1v) is 8.93. The smallest absolute Gasteiger partial charge is 0.211 e. The van der Waals surface area contributed by atoms with E-state index in [0.29, 0.717) is 13.0 Å². The highest BCUT2D eigenvalue weighted by Crippen LogP contribution is 2.17. The fraction of sp³-hybridized carbons (Fsp3) is 0.600. The highest BCUT2D eigenvalue weighted by molar-refractivity contribution is 5.75. The molecule has 0 radical (unpaired) electrons. The molecule has 1 aliphatic heterocycles. The molecular weight excluding hydrogens is 316 g/mol. The Hall–Kier alpha value is -1.72. The van der Waals surface area contributed by atoms with Crippen LogP contribution in [-0.2, 0) is 14.3 Å². The largest absolute Gasteiger partial charge is 0.388 e. The number of para-hydroxylation sites is 1. The predicted molar refractivity (Wildman–Crippen MR) is 106 cm³/mol. The molecular formula is C20H36N2O3. The Kier molecular flexibility index (Phi) is 19.0. The van der Waals surface area contributed by atoms with Gasteiger partial charge in [-0.15, -0.1) is 0 Å². The summed E-state index contributed by atoms with van der Waals surface area (Å²) in [6.07, 6.45) is 5.58. The van der Waals surface area contributed by atoms with Gasteiger partial charge in [0.1, 0.15) is 6.29 Å². The van der Waals surface area contributed by atoms with Crippen LogP contribution in [0.2, 0.25) is 0 Å². The molecule has 1 amide bonds. The summed E-state index contributed by atoms with van der Waals surface area (Å²) in [6, 6.07) is 5.91. The second-order valence-electron chi connectivity index (χ2n) is 5.47. The van der Waals surface area contributed by atoms with Crippen LogP contribution in [0.3, 0.4) is 0 Å². The maximum atomic E-state index is 10.2. The van der Waals surface area contributed by atoms with Gasteiger partial charge < -0.3 is 14.8 Å². The maximum Gasteiger partial charge on any atom is 0.211 e. The van der Waals surface area contributed by atoms with E-state index in [0.717, 1.165) is 36.2 Å². The molecule has 0 unspecified atom stereocenters. The number of rotatable bonds is 4. The van der Waals surface area contributed by atoms with E-state index in [1.807, 2.05) is 45.9 Å². The van der Waals surface area contributed by atoms with Crippen molar-refractivity contribution in [1.29, 1.82) is 0 Å². The molecule has 0 spiro atoms. The van der Waals surface area contributed by atoms with Crippen LogP contribution in [0.1, 0.15) is 44.2 Å². The number of carbonyl (C=O) groups is 2. The van der Waals surface area contributed by atoms with Gasteiger partial charge >= 0.3 is 0 Å². The summed E-state index contributed by atoms with van der Waals surface area (Å²) in [5.74, 6) is 0. The second kappa shape index (κ2) is 18.6. The van der Waals surface area contributed by atoms with E-state index in [4.69, 9.17) is 0 Å². The van der Waals surface area contributed by atoms with Gasteiger partial charge in [-0.25, -0.2) is 0 Å². The molecule has 1 N–H and O–H groups in total. The summed E-state index contributed by atoms with van der Waals surface area (Å²) in [4.78, 5) is 22.4. The number of hydrogen-bond donors (Lipinski definition) is 1. The molecule has 1 heterocycles. The first kappa shape index (κ1) is 25.5. The minimum Gasteiger partial charge on any atom is -0.388 e. The van der Waals surface area contributed by atoms with Crippen LogP contribution in [0.25, 0.3) is 0 Å². The normalized spacial score (nSPS) is 12.9. The average Bonchev–Trinajstić information content (AvgIpc) is 2.63. The van der Waals surface area contributed by atoms with Crippen LogP contribution < -0.4 is 5.32 Å². The number of carbonyl (C=O) groups excluding carboxylic acids is 2. The SMILES string of the molecule is CC.COC.Cc1cccc(C)c1NC=O.O=CCN1CCCCC1. The summed E-state index contributed by atoms with van der Waals surface area (Å²) >= 11 is 0. The van der Waals surface area contributed by atoms with E-state index in [2.05, 4.69) is 15.0 Å². The molecule has 2 rings (SSSR count). The topological polar surface area (TPSA) is 58.6 Å². The van der Waals surface area contributed by atoms with Gasteiger partial charge in [0.25, 0.3) is 0 Å². The first-order chi connectivity index (χ1) is 12.1. The molecule has 0 bridgehead atoms. The standard InChI is InChI=1S/C9H11NO.C7H13NO.C2H6O.C2H6/c1-7-4-3-5-8(2)9(7)10-6-11;9-7-6-8-4-2-1-3-5-8;1-3-2;1-2/h3-6H,1-2H3,(H,10,11);7H,1-6H2;1-2H3;1-2H3. The first-order valence-electron chi connectivity index (χ1n) is 8.93. The van der Waals surface area contributed by atoms with Crippen LogP contribution in [0, 0.1) is 13.8 Å². The van der Waals surface area contributed by atoms with Gasteiger partial charge in [0.15, 0.2) is 0 Å². The van der Waals surface area contributed by atoms with Gasteiger partial charge in [0.2, 0.25) is 6.41 Å². The minimum atomic E-state index is 0.639. The van der Waals surface area contributed by atoms with Crippen molar-refractivity contribution >= 4 is 18.4 Å². The van der Waals surface area contributed by atoms with Crippen LogP contribution in [0.15, 0.2) is 18.2 Å². The van der Waals surface area contributed by atoms with Crippen LogP contribution in [0.4, 0.5) is 5.69 Å². The average molecular weight is 353 g/mol. The van der Waals surface area contributed by atoms with E-state index in [1.54, 1.807) is 14.2 Å². The fourth-order valence-corrected chi connectivity index (χ4v) is 2.35. The van der Waals surface area contributed by atoms with Gasteiger partial charge in [-0.1, -0.05) is 38.5 Å². The van der Waals surface area contributed by atoms with Crippen molar-refractivity contribution in [2.24, 2.45) is 0 Å². The van der Waals surface area contributed by atoms with E-state index < -0.39 is 0 Å². The monoisotopic (exact) mass is 352 g/mol. The number of nitrogens with one attached hydrogen (secondary N) is 1. The van der Waals surface area contributed by atoms with Crippen molar-refractivity contribution in [1.82, 2.24) is 4.90 Å². The van der Waals surface area contributed by atoms with Gasteiger partial charge in [0, 0.05) is 19.9 Å². The number of methoxy groups -OCH3 is 1. The number of ether oxygens (including phenoxy) is 1. The lowest BCUT2D eigenvalue weighted by Crippen LogP contribution is -2.31. The summed E-state index contributed by atoms with van der Waals surface area (Å²) in [6.45, 7) is 10.8. The maximum absolute atomic E-state index is 10.2. The quantitative estimate of drug-likeness (QED) is 0.837. The zero-order chi connectivity index (χ0) is 19.5. The van der Waals surface area contributed by atoms with Crippen LogP contribution in [0.5, 0.6) is 0 Å². The number of nitrogens with zero attached hydrogens (tertiary/aromatic N) is 1. The third-order valence-corrected chi connectivity index (χ3v) is 3.47. The van der Waals surface area contributed by atoms with Gasteiger partial charge in [-0.3, -0.25) is 9.69 Å². The molecule has 0 atom stereocenters. The number of aldehydes is 1. The van der Waals surface area contributed by atoms with Crippen molar-refractivity contribution in [3.05, 3.63) is 29.3 Å². The van der Waals surface area contributed by atoms with Crippen molar-refractivity contribution in [3.8, 4) is 0 Å². The molecule has 5 heteroatoms. The molecule has 1 aliphatic rings. The molecule has 25 heavy (non-hydrogen) atoms. The second-order valence-corrected chi connectivity index (χ2v) is 5.47. The fourth-order valence-electron chi connectivity index (χ4n) is 2.35. The number of anilines is 1. The van der Waals surface area contributed by atoms with Crippen LogP contribution >= 0.6 is 0 Å². The number of aryl methyl sites for hydroxylation is 2. The van der Waals surface area contributed by atoms with E-state index >= 15 is 0 Å². The lowest BCUT2D eigenvalue weighted by molar-refractivity contribution is -0.109. The Morgan fingerprint density at radius 2 is 1.52 bits per heavy atom. The molecule has 1 saturated heterocycles. The van der Waals surface area contributed by atoms with Crippen molar-refractivity contribution in [2.75, 3.05) is 39.2 Å². The molecule has 0 aromatic heterocycles. The van der Waals surface area contributed by atoms with Gasteiger partial charge in [0.05, 0.1) is 6.54 Å². The molecule has 1 aromatic rings. The summed E-state index contributed by atoms with van der Waals surface area (Å²) < 4.78 is 4.25. The number of hydrogen-bond acceptors (Lipinski definition) is 4. The zero-order valence-electron chi connectivity index (χ0n) is 16.8. The molecule has 0 saturated carbocycles. The highest BCUT2D eigenvalue weighted by atomic mass is 16.4.